The van der Waals surface area contributed by atoms with Gasteiger partial charge in [0.15, 0.2) is 0 Å². The maximum absolute atomic E-state index is 13.0. The molecule has 1 aromatic rings. The quantitative estimate of drug-likeness (QED) is 0.559. The van der Waals surface area contributed by atoms with Crippen molar-refractivity contribution < 1.29 is 31.1 Å². The van der Waals surface area contributed by atoms with Crippen molar-refractivity contribution in [3.05, 3.63) is 24.3 Å². The van der Waals surface area contributed by atoms with Crippen LogP contribution in [-0.4, -0.2) is 120 Å². The lowest BCUT2D eigenvalue weighted by Crippen LogP contribution is -2.55. The van der Waals surface area contributed by atoms with Gasteiger partial charge >= 0.3 is 6.03 Å². The summed E-state index contributed by atoms with van der Waals surface area (Å²) < 4.78 is 64.7. The number of piperazine rings is 1. The monoisotopic (exact) mass is 488 g/mol. The number of rotatable bonds is 4. The molecule has 0 unspecified atom stereocenters. The third-order valence-electron chi connectivity index (χ3n) is 5.86. The third kappa shape index (κ3) is 4.77. The summed E-state index contributed by atoms with van der Waals surface area (Å²) >= 11 is 0. The summed E-state index contributed by atoms with van der Waals surface area (Å²) in [5.41, 5.74) is 0. The number of amides is 2. The van der Waals surface area contributed by atoms with Gasteiger partial charge in [-0.3, -0.25) is 0 Å². The van der Waals surface area contributed by atoms with Crippen molar-refractivity contribution in [2.24, 2.45) is 0 Å². The van der Waals surface area contributed by atoms with E-state index < -0.39 is 20.0 Å². The lowest BCUT2D eigenvalue weighted by molar-refractivity contribution is 0.0405. The minimum absolute atomic E-state index is 0.0337. The normalized spacial score (nSPS) is 22.1. The van der Waals surface area contributed by atoms with Gasteiger partial charge in [0, 0.05) is 52.4 Å². The van der Waals surface area contributed by atoms with Gasteiger partial charge in [-0.05, 0) is 24.3 Å². The molecule has 0 aromatic heterocycles. The second kappa shape index (κ2) is 9.61. The predicted octanol–water partition coefficient (Wildman–Crippen LogP) is -0.534. The van der Waals surface area contributed by atoms with E-state index in [0.717, 1.165) is 0 Å². The van der Waals surface area contributed by atoms with Crippen LogP contribution in [0, 0.1) is 0 Å². The summed E-state index contributed by atoms with van der Waals surface area (Å²) in [4.78, 5) is 16.1. The zero-order valence-corrected chi connectivity index (χ0v) is 19.4. The Kier molecular flexibility index (Phi) is 7.03. The number of hydrogen-bond acceptors (Lipinski definition) is 7. The molecule has 0 atom stereocenters. The molecule has 2 amide bonds. The van der Waals surface area contributed by atoms with E-state index >= 15 is 0 Å². The highest BCUT2D eigenvalue weighted by molar-refractivity contribution is 7.89. The van der Waals surface area contributed by atoms with Gasteiger partial charge in [-0.2, -0.15) is 8.61 Å². The number of nitrogens with zero attached hydrogens (tertiary/aromatic N) is 4. The van der Waals surface area contributed by atoms with Crippen LogP contribution < -0.4 is 0 Å². The molecule has 178 valence electrons. The fourth-order valence-electron chi connectivity index (χ4n) is 3.94. The first-order valence-electron chi connectivity index (χ1n) is 10.6. The summed E-state index contributed by atoms with van der Waals surface area (Å²) in [6, 6.07) is 5.22. The molecule has 32 heavy (non-hydrogen) atoms. The van der Waals surface area contributed by atoms with Gasteiger partial charge in [0.2, 0.25) is 20.0 Å². The van der Waals surface area contributed by atoms with Crippen LogP contribution in [0.5, 0.6) is 0 Å². The number of urea groups is 1. The van der Waals surface area contributed by atoms with E-state index in [-0.39, 0.29) is 42.0 Å². The molecule has 3 heterocycles. The van der Waals surface area contributed by atoms with Crippen molar-refractivity contribution in [2.75, 3.05) is 78.8 Å². The Morgan fingerprint density at radius 3 is 1.44 bits per heavy atom. The van der Waals surface area contributed by atoms with E-state index in [2.05, 4.69) is 0 Å². The van der Waals surface area contributed by atoms with Crippen molar-refractivity contribution in [3.63, 3.8) is 0 Å². The molecule has 1 aromatic carbocycles. The largest absolute Gasteiger partial charge is 0.379 e. The number of hydrogen-bond donors (Lipinski definition) is 0. The first-order chi connectivity index (χ1) is 15.3. The van der Waals surface area contributed by atoms with Gasteiger partial charge in [-0.1, -0.05) is 0 Å². The minimum atomic E-state index is -3.79. The van der Waals surface area contributed by atoms with E-state index in [4.69, 9.17) is 9.47 Å². The molecular weight excluding hydrogens is 460 g/mol. The highest BCUT2D eigenvalue weighted by atomic mass is 32.2. The lowest BCUT2D eigenvalue weighted by Gasteiger charge is -2.38. The van der Waals surface area contributed by atoms with Crippen LogP contribution in [-0.2, 0) is 29.5 Å². The van der Waals surface area contributed by atoms with Crippen LogP contribution in [0.4, 0.5) is 4.79 Å². The van der Waals surface area contributed by atoms with Crippen molar-refractivity contribution in [2.45, 2.75) is 9.79 Å². The van der Waals surface area contributed by atoms with Crippen molar-refractivity contribution in [1.82, 2.24) is 18.4 Å². The van der Waals surface area contributed by atoms with E-state index in [9.17, 15) is 21.6 Å². The summed E-state index contributed by atoms with van der Waals surface area (Å²) in [5.74, 6) is 0. The molecule has 0 aliphatic carbocycles. The number of carbonyl (C=O) groups is 1. The second-order valence-corrected chi connectivity index (χ2v) is 11.6. The Morgan fingerprint density at radius 1 is 0.594 bits per heavy atom. The van der Waals surface area contributed by atoms with Crippen LogP contribution in [0.3, 0.4) is 0 Å². The molecule has 3 aliphatic heterocycles. The molecule has 0 spiro atoms. The molecule has 11 nitrogen and oxygen atoms in total. The molecule has 0 bridgehead atoms. The highest BCUT2D eigenvalue weighted by Gasteiger charge is 2.33. The highest BCUT2D eigenvalue weighted by Crippen LogP contribution is 2.22. The standard InChI is InChI=1S/C19H28N4O7S2/c24-19(21-9-13-29-14-10-21)20-5-7-22(8-6-20)31(25,26)17-1-3-18(4-2-17)32(27,28)23-11-15-30-16-12-23/h1-4H,5-16H2. The number of ether oxygens (including phenoxy) is 2. The first-order valence-corrected chi connectivity index (χ1v) is 13.5. The molecule has 13 heteroatoms. The lowest BCUT2D eigenvalue weighted by atomic mass is 10.3. The summed E-state index contributed by atoms with van der Waals surface area (Å²) in [6.07, 6.45) is 0. The fraction of sp³-hybridized carbons (Fsp3) is 0.632. The van der Waals surface area contributed by atoms with Crippen molar-refractivity contribution in [1.29, 1.82) is 0 Å². The van der Waals surface area contributed by atoms with Crippen LogP contribution >= 0.6 is 0 Å². The maximum Gasteiger partial charge on any atom is 0.320 e. The Balaban J connectivity index is 1.40. The smallest absolute Gasteiger partial charge is 0.320 e. The molecule has 3 aliphatic rings. The number of benzene rings is 1. The van der Waals surface area contributed by atoms with Gasteiger partial charge in [0.05, 0.1) is 36.2 Å². The van der Waals surface area contributed by atoms with E-state index in [1.165, 1.54) is 32.9 Å². The van der Waals surface area contributed by atoms with Gasteiger partial charge < -0.3 is 19.3 Å². The van der Waals surface area contributed by atoms with Crippen molar-refractivity contribution in [3.8, 4) is 0 Å². The fourth-order valence-corrected chi connectivity index (χ4v) is 6.77. The van der Waals surface area contributed by atoms with Crippen molar-refractivity contribution >= 4 is 26.1 Å². The van der Waals surface area contributed by atoms with Gasteiger partial charge in [-0.15, -0.1) is 0 Å². The van der Waals surface area contributed by atoms with Crippen LogP contribution in [0.1, 0.15) is 0 Å². The maximum atomic E-state index is 13.0. The van der Waals surface area contributed by atoms with Gasteiger partial charge in [-0.25, -0.2) is 21.6 Å². The number of sulfonamides is 2. The Hall–Kier alpha value is -1.77. The Bertz CT molecular complexity index is 1010. The van der Waals surface area contributed by atoms with E-state index in [1.54, 1.807) is 9.80 Å². The predicted molar refractivity (Wildman–Crippen MR) is 114 cm³/mol. The second-order valence-electron chi connectivity index (χ2n) is 7.76. The van der Waals surface area contributed by atoms with Gasteiger partial charge in [0.25, 0.3) is 0 Å². The minimum Gasteiger partial charge on any atom is -0.379 e. The zero-order chi connectivity index (χ0) is 22.8. The SMILES string of the molecule is O=C(N1CCOCC1)N1CCN(S(=O)(=O)c2ccc(S(=O)(=O)N3CCOCC3)cc2)CC1. The molecular formula is C19H28N4O7S2. The average Bonchev–Trinajstić information content (AvgIpc) is 2.85. The van der Waals surface area contributed by atoms with E-state index in [0.29, 0.717) is 52.6 Å². The molecule has 3 saturated heterocycles. The molecule has 0 saturated carbocycles. The average molecular weight is 489 g/mol. The molecule has 4 rings (SSSR count). The molecule has 3 fully saturated rings. The van der Waals surface area contributed by atoms with Crippen LogP contribution in [0.15, 0.2) is 34.1 Å². The first kappa shape index (κ1) is 23.4. The molecule has 0 N–H and O–H groups in total. The number of carbonyl (C=O) groups excluding carboxylic acids is 1. The van der Waals surface area contributed by atoms with E-state index in [1.807, 2.05) is 0 Å². The summed E-state index contributed by atoms with van der Waals surface area (Å²) in [5, 5.41) is 0. The van der Waals surface area contributed by atoms with Crippen LogP contribution in [0.25, 0.3) is 0 Å². The Labute approximate surface area is 188 Å². The topological polar surface area (TPSA) is 117 Å². The summed E-state index contributed by atoms with van der Waals surface area (Å²) in [7, 11) is -7.48. The molecule has 0 radical (unpaired) electrons. The van der Waals surface area contributed by atoms with Crippen LogP contribution in [0.2, 0.25) is 0 Å². The third-order valence-corrected chi connectivity index (χ3v) is 9.69. The Morgan fingerprint density at radius 2 is 0.969 bits per heavy atom. The number of morpholine rings is 2. The summed E-state index contributed by atoms with van der Waals surface area (Å²) in [6.45, 7) is 4.31. The zero-order valence-electron chi connectivity index (χ0n) is 17.8. The van der Waals surface area contributed by atoms with Gasteiger partial charge in [0.1, 0.15) is 0 Å².